The predicted molar refractivity (Wildman–Crippen MR) is 142 cm³/mol. The highest BCUT2D eigenvalue weighted by Crippen LogP contribution is 2.41. The van der Waals surface area contributed by atoms with E-state index in [1.165, 1.54) is 6.26 Å². The molecule has 36 heavy (non-hydrogen) atoms. The molecule has 5 rings (SSSR count). The maximum atomic E-state index is 12.5. The van der Waals surface area contributed by atoms with E-state index in [1.54, 1.807) is 36.1 Å². The third-order valence-corrected chi connectivity index (χ3v) is 7.48. The summed E-state index contributed by atoms with van der Waals surface area (Å²) in [6, 6.07) is 22.6. The van der Waals surface area contributed by atoms with E-state index in [1.807, 2.05) is 72.7 Å². The Morgan fingerprint density at radius 2 is 1.44 bits per heavy atom. The van der Waals surface area contributed by atoms with Gasteiger partial charge in [0.15, 0.2) is 9.84 Å². The van der Waals surface area contributed by atoms with Crippen molar-refractivity contribution in [1.82, 2.24) is 9.97 Å². The van der Waals surface area contributed by atoms with Gasteiger partial charge in [0.25, 0.3) is 0 Å². The Kier molecular flexibility index (Phi) is 6.05. The molecular weight excluding hydrogens is 472 g/mol. The molecule has 2 heterocycles. The van der Waals surface area contributed by atoms with Crippen molar-refractivity contribution in [2.24, 2.45) is 0 Å². The van der Waals surface area contributed by atoms with Gasteiger partial charge in [-0.1, -0.05) is 48.5 Å². The zero-order chi connectivity index (χ0) is 25.4. The molecule has 7 nitrogen and oxygen atoms in total. The Hall–Kier alpha value is -4.04. The number of fused-ring (bicyclic) bond motifs is 1. The molecule has 8 heteroatoms. The van der Waals surface area contributed by atoms with Gasteiger partial charge in [-0.25, -0.2) is 18.4 Å². The van der Waals surface area contributed by atoms with Crippen LogP contribution in [-0.4, -0.2) is 43.1 Å². The fraction of sp³-hybridized carbons (Fsp3) is 0.179. The van der Waals surface area contributed by atoms with E-state index < -0.39 is 9.84 Å². The lowest BCUT2D eigenvalue weighted by molar-refractivity contribution is -0.117. The standard InChI is InChI=1S/C28H26N4O3S/c1-19-18-31(28-29-16-24(17-30-28)21-7-5-4-6-8-21)27-15-23(11-14-26(27)32(19)20(2)33)22-9-12-25(13-10-22)36(3,34)35/h4-17,19H,18H2,1-3H3/t19-/m0/s1. The topological polar surface area (TPSA) is 83.5 Å². The van der Waals surface area contributed by atoms with Gasteiger partial charge in [-0.3, -0.25) is 4.79 Å². The Morgan fingerprint density at radius 1 is 0.833 bits per heavy atom. The molecule has 0 spiro atoms. The largest absolute Gasteiger partial charge is 0.306 e. The van der Waals surface area contributed by atoms with Crippen LogP contribution < -0.4 is 9.80 Å². The van der Waals surface area contributed by atoms with Crippen LogP contribution >= 0.6 is 0 Å². The van der Waals surface area contributed by atoms with Crippen LogP contribution in [-0.2, 0) is 14.6 Å². The van der Waals surface area contributed by atoms with E-state index in [4.69, 9.17) is 0 Å². The molecule has 0 radical (unpaired) electrons. The Bertz CT molecular complexity index is 1520. The molecule has 0 saturated heterocycles. The summed E-state index contributed by atoms with van der Waals surface area (Å²) in [5.41, 5.74) is 5.35. The SMILES string of the molecule is CC(=O)N1c2ccc(-c3ccc(S(C)(=O)=O)cc3)cc2N(c2ncc(-c3ccccc3)cn2)C[C@@H]1C. The van der Waals surface area contributed by atoms with E-state index >= 15 is 0 Å². The summed E-state index contributed by atoms with van der Waals surface area (Å²) < 4.78 is 23.7. The van der Waals surface area contributed by atoms with Crippen LogP contribution in [0.1, 0.15) is 13.8 Å². The number of hydrogen-bond acceptors (Lipinski definition) is 6. The lowest BCUT2D eigenvalue weighted by atomic mass is 10.0. The van der Waals surface area contributed by atoms with Gasteiger partial charge >= 0.3 is 0 Å². The van der Waals surface area contributed by atoms with Gasteiger partial charge in [-0.2, -0.15) is 0 Å². The van der Waals surface area contributed by atoms with Crippen molar-refractivity contribution in [1.29, 1.82) is 0 Å². The van der Waals surface area contributed by atoms with Crippen LogP contribution in [0.5, 0.6) is 0 Å². The van der Waals surface area contributed by atoms with Gasteiger partial charge < -0.3 is 9.80 Å². The van der Waals surface area contributed by atoms with Crippen molar-refractivity contribution in [3.05, 3.63) is 85.2 Å². The summed E-state index contributed by atoms with van der Waals surface area (Å²) in [5, 5.41) is 0. The molecule has 0 fully saturated rings. The lowest BCUT2D eigenvalue weighted by Gasteiger charge is -2.41. The first-order valence-corrected chi connectivity index (χ1v) is 13.5. The Balaban J connectivity index is 1.57. The Labute approximate surface area is 211 Å². The maximum Gasteiger partial charge on any atom is 0.229 e. The third-order valence-electron chi connectivity index (χ3n) is 6.36. The van der Waals surface area contributed by atoms with Crippen LogP contribution in [0.3, 0.4) is 0 Å². The summed E-state index contributed by atoms with van der Waals surface area (Å²) >= 11 is 0. The highest BCUT2D eigenvalue weighted by atomic mass is 32.2. The van der Waals surface area contributed by atoms with Crippen LogP contribution in [0.4, 0.5) is 17.3 Å². The average Bonchev–Trinajstić information content (AvgIpc) is 2.88. The first kappa shape index (κ1) is 23.7. The lowest BCUT2D eigenvalue weighted by Crippen LogP contribution is -2.48. The summed E-state index contributed by atoms with van der Waals surface area (Å²) in [4.78, 5) is 26.0. The van der Waals surface area contributed by atoms with Crippen molar-refractivity contribution < 1.29 is 13.2 Å². The van der Waals surface area contributed by atoms with Crippen molar-refractivity contribution in [3.63, 3.8) is 0 Å². The highest BCUT2D eigenvalue weighted by Gasteiger charge is 2.32. The molecule has 1 aromatic heterocycles. The minimum atomic E-state index is -3.28. The summed E-state index contributed by atoms with van der Waals surface area (Å²) in [7, 11) is -3.28. The molecule has 3 aromatic carbocycles. The minimum absolute atomic E-state index is 0.0333. The van der Waals surface area contributed by atoms with E-state index in [0.717, 1.165) is 33.6 Å². The molecule has 182 valence electrons. The van der Waals surface area contributed by atoms with Gasteiger partial charge in [0, 0.05) is 37.7 Å². The van der Waals surface area contributed by atoms with E-state index in [0.29, 0.717) is 12.5 Å². The van der Waals surface area contributed by atoms with Gasteiger partial charge in [0.2, 0.25) is 11.9 Å². The fourth-order valence-corrected chi connectivity index (χ4v) is 5.24. The van der Waals surface area contributed by atoms with E-state index in [9.17, 15) is 13.2 Å². The van der Waals surface area contributed by atoms with Crippen molar-refractivity contribution in [2.45, 2.75) is 24.8 Å². The Morgan fingerprint density at radius 3 is 2.06 bits per heavy atom. The fourth-order valence-electron chi connectivity index (χ4n) is 4.61. The molecular formula is C28H26N4O3S. The van der Waals surface area contributed by atoms with Crippen LogP contribution in [0.15, 0.2) is 90.1 Å². The summed E-state index contributed by atoms with van der Waals surface area (Å²) in [6.45, 7) is 4.11. The van der Waals surface area contributed by atoms with Gasteiger partial charge in [0.1, 0.15) is 0 Å². The van der Waals surface area contributed by atoms with Gasteiger partial charge in [0.05, 0.1) is 22.3 Å². The molecule has 0 saturated carbocycles. The predicted octanol–water partition coefficient (Wildman–Crippen LogP) is 5.11. The number of benzene rings is 3. The molecule has 1 aliphatic rings. The first-order valence-electron chi connectivity index (χ1n) is 11.6. The number of anilines is 3. The number of amides is 1. The monoisotopic (exact) mass is 498 g/mol. The minimum Gasteiger partial charge on any atom is -0.306 e. The van der Waals surface area contributed by atoms with Gasteiger partial charge in [-0.15, -0.1) is 0 Å². The van der Waals surface area contributed by atoms with E-state index in [2.05, 4.69) is 9.97 Å². The quantitative estimate of drug-likeness (QED) is 0.389. The van der Waals surface area contributed by atoms with Gasteiger partial charge in [-0.05, 0) is 47.9 Å². The van der Waals surface area contributed by atoms with E-state index in [-0.39, 0.29) is 16.8 Å². The molecule has 1 atom stereocenters. The highest BCUT2D eigenvalue weighted by molar-refractivity contribution is 7.90. The number of sulfone groups is 1. The average molecular weight is 499 g/mol. The smallest absolute Gasteiger partial charge is 0.229 e. The zero-order valence-electron chi connectivity index (χ0n) is 20.3. The second-order valence-corrected chi connectivity index (χ2v) is 11.0. The second kappa shape index (κ2) is 9.20. The normalized spacial score (nSPS) is 15.5. The third kappa shape index (κ3) is 4.47. The van der Waals surface area contributed by atoms with Crippen molar-refractivity contribution in [2.75, 3.05) is 22.6 Å². The van der Waals surface area contributed by atoms with Crippen LogP contribution in [0.25, 0.3) is 22.3 Å². The molecule has 0 bridgehead atoms. The molecule has 4 aromatic rings. The number of aromatic nitrogens is 2. The zero-order valence-corrected chi connectivity index (χ0v) is 21.1. The molecule has 1 amide bonds. The maximum absolute atomic E-state index is 12.5. The second-order valence-electron chi connectivity index (χ2n) is 8.99. The summed E-state index contributed by atoms with van der Waals surface area (Å²) in [5.74, 6) is 0.518. The molecule has 0 N–H and O–H groups in total. The van der Waals surface area contributed by atoms with Crippen LogP contribution in [0, 0.1) is 0 Å². The number of carbonyl (C=O) groups excluding carboxylic acids is 1. The number of carbonyl (C=O) groups is 1. The summed E-state index contributed by atoms with van der Waals surface area (Å²) in [6.07, 6.45) is 4.82. The van der Waals surface area contributed by atoms with Crippen molar-refractivity contribution in [3.8, 4) is 22.3 Å². The molecule has 0 aliphatic carbocycles. The van der Waals surface area contributed by atoms with Crippen molar-refractivity contribution >= 4 is 33.1 Å². The first-order chi connectivity index (χ1) is 17.2. The molecule has 0 unspecified atom stereocenters. The number of hydrogen-bond donors (Lipinski definition) is 0. The van der Waals surface area contributed by atoms with Crippen LogP contribution in [0.2, 0.25) is 0 Å². The number of nitrogens with zero attached hydrogens (tertiary/aromatic N) is 4. The molecule has 1 aliphatic heterocycles. The number of rotatable bonds is 4.